The molecule has 0 bridgehead atoms. The first-order valence-corrected chi connectivity index (χ1v) is 10.00. The minimum Gasteiger partial charge on any atom is -0.496 e. The van der Waals surface area contributed by atoms with Gasteiger partial charge in [-0.25, -0.2) is 4.98 Å². The maximum Gasteiger partial charge on any atom is 0.254 e. The van der Waals surface area contributed by atoms with E-state index in [9.17, 15) is 4.79 Å². The molecular weight excluding hydrogens is 380 g/mol. The molecule has 3 heterocycles. The molecule has 1 aliphatic heterocycles. The van der Waals surface area contributed by atoms with E-state index < -0.39 is 0 Å². The van der Waals surface area contributed by atoms with Gasteiger partial charge in [-0.1, -0.05) is 6.07 Å². The summed E-state index contributed by atoms with van der Waals surface area (Å²) in [5.74, 6) is 1.30. The fourth-order valence-electron chi connectivity index (χ4n) is 3.93. The fourth-order valence-corrected chi connectivity index (χ4v) is 3.93. The van der Waals surface area contributed by atoms with Gasteiger partial charge in [-0.2, -0.15) is 5.10 Å². The Kier molecular flexibility index (Phi) is 5.44. The van der Waals surface area contributed by atoms with Crippen LogP contribution in [0.4, 0.5) is 0 Å². The van der Waals surface area contributed by atoms with Gasteiger partial charge in [0.05, 0.1) is 7.11 Å². The molecule has 0 saturated carbocycles. The summed E-state index contributed by atoms with van der Waals surface area (Å²) in [4.78, 5) is 19.4. The van der Waals surface area contributed by atoms with Crippen molar-refractivity contribution in [3.8, 4) is 11.6 Å². The Hall–Kier alpha value is -3.35. The molecule has 156 valence electrons. The number of methoxy groups -OCH3 is 1. The minimum absolute atomic E-state index is 0.00752. The molecule has 0 spiro atoms. The molecule has 3 aromatic rings. The lowest BCUT2D eigenvalue weighted by atomic mass is 10.0. The quantitative estimate of drug-likeness (QED) is 0.651. The van der Waals surface area contributed by atoms with E-state index in [1.54, 1.807) is 13.3 Å². The summed E-state index contributed by atoms with van der Waals surface area (Å²) < 4.78 is 13.2. The molecule has 0 N–H and O–H groups in total. The number of aryl methyl sites for hydroxylation is 2. The Labute approximate surface area is 176 Å². The van der Waals surface area contributed by atoms with Crippen molar-refractivity contribution in [3.05, 3.63) is 70.2 Å². The maximum absolute atomic E-state index is 13.2. The van der Waals surface area contributed by atoms with Crippen molar-refractivity contribution in [1.29, 1.82) is 0 Å². The number of rotatable bonds is 5. The van der Waals surface area contributed by atoms with Crippen LogP contribution in [0.3, 0.4) is 0 Å². The van der Waals surface area contributed by atoms with Crippen molar-refractivity contribution in [2.75, 3.05) is 13.7 Å². The van der Waals surface area contributed by atoms with Crippen LogP contribution in [0.1, 0.15) is 38.4 Å². The number of fused-ring (bicyclic) bond motifs is 1. The lowest BCUT2D eigenvalue weighted by molar-refractivity contribution is 0.0731. The zero-order valence-corrected chi connectivity index (χ0v) is 17.8. The van der Waals surface area contributed by atoms with Crippen molar-refractivity contribution >= 4 is 5.91 Å². The van der Waals surface area contributed by atoms with Gasteiger partial charge in [-0.15, -0.1) is 0 Å². The standard InChI is InChI=1S/C23H26N4O3/c1-15-8-10-24-22(12-15)30-14-19-18-13-27(11-9-20(18)26(3)25-19)23(28)17-6-5-7-21(29-4)16(17)2/h5-8,10,12H,9,11,13-14H2,1-4H3. The van der Waals surface area contributed by atoms with Gasteiger partial charge in [0.1, 0.15) is 18.1 Å². The van der Waals surface area contributed by atoms with Crippen LogP contribution in [0.15, 0.2) is 36.5 Å². The van der Waals surface area contributed by atoms with E-state index in [-0.39, 0.29) is 5.91 Å². The molecule has 0 atom stereocenters. The Morgan fingerprint density at radius 3 is 2.83 bits per heavy atom. The number of ether oxygens (including phenoxy) is 2. The molecule has 30 heavy (non-hydrogen) atoms. The van der Waals surface area contributed by atoms with Gasteiger partial charge in [0.2, 0.25) is 5.88 Å². The molecule has 2 aromatic heterocycles. The van der Waals surface area contributed by atoms with E-state index in [2.05, 4.69) is 10.1 Å². The first kappa shape index (κ1) is 19.9. The zero-order chi connectivity index (χ0) is 21.3. The van der Waals surface area contributed by atoms with Crippen LogP contribution in [-0.4, -0.2) is 39.2 Å². The van der Waals surface area contributed by atoms with E-state index in [0.717, 1.165) is 40.2 Å². The van der Waals surface area contributed by atoms with Gasteiger partial charge in [-0.3, -0.25) is 9.48 Å². The maximum atomic E-state index is 13.2. The molecule has 7 nitrogen and oxygen atoms in total. The summed E-state index contributed by atoms with van der Waals surface area (Å²) in [6.45, 7) is 5.40. The van der Waals surface area contributed by atoms with Crippen LogP contribution in [0.25, 0.3) is 0 Å². The van der Waals surface area contributed by atoms with Crippen molar-refractivity contribution in [2.24, 2.45) is 7.05 Å². The average molecular weight is 406 g/mol. The molecule has 1 amide bonds. The molecule has 0 unspecified atom stereocenters. The van der Waals surface area contributed by atoms with Gasteiger partial charge >= 0.3 is 0 Å². The number of carbonyl (C=O) groups is 1. The molecule has 4 rings (SSSR count). The number of pyridine rings is 1. The molecule has 1 aromatic carbocycles. The number of hydrogen-bond acceptors (Lipinski definition) is 5. The van der Waals surface area contributed by atoms with Crippen LogP contribution in [0.5, 0.6) is 11.6 Å². The van der Waals surface area contributed by atoms with E-state index in [4.69, 9.17) is 9.47 Å². The third-order valence-electron chi connectivity index (χ3n) is 5.59. The number of nitrogens with zero attached hydrogens (tertiary/aromatic N) is 4. The summed E-state index contributed by atoms with van der Waals surface area (Å²) in [7, 11) is 3.56. The molecule has 0 fully saturated rings. The Morgan fingerprint density at radius 2 is 2.07 bits per heavy atom. The highest BCUT2D eigenvalue weighted by atomic mass is 16.5. The summed E-state index contributed by atoms with van der Waals surface area (Å²) in [5, 5.41) is 4.65. The van der Waals surface area contributed by atoms with Crippen molar-refractivity contribution in [3.63, 3.8) is 0 Å². The highest BCUT2D eigenvalue weighted by molar-refractivity contribution is 5.96. The van der Waals surface area contributed by atoms with E-state index in [0.29, 0.717) is 31.1 Å². The van der Waals surface area contributed by atoms with Gasteiger partial charge in [0.15, 0.2) is 0 Å². The Bertz CT molecular complexity index is 1090. The minimum atomic E-state index is 0.00752. The number of amides is 1. The SMILES string of the molecule is COc1cccc(C(=O)N2CCc3c(c(COc4cc(C)ccn4)nn3C)C2)c1C. The molecule has 1 aliphatic rings. The normalized spacial score (nSPS) is 13.1. The molecule has 0 radical (unpaired) electrons. The van der Waals surface area contributed by atoms with Crippen LogP contribution in [-0.2, 0) is 26.6 Å². The number of benzene rings is 1. The molecular formula is C23H26N4O3. The van der Waals surface area contributed by atoms with Crippen LogP contribution in [0.2, 0.25) is 0 Å². The van der Waals surface area contributed by atoms with Gasteiger partial charge in [0.25, 0.3) is 5.91 Å². The molecule has 0 aliphatic carbocycles. The van der Waals surface area contributed by atoms with Crippen LogP contribution >= 0.6 is 0 Å². The Morgan fingerprint density at radius 1 is 1.23 bits per heavy atom. The lowest BCUT2D eigenvalue weighted by Gasteiger charge is -2.28. The second-order valence-corrected chi connectivity index (χ2v) is 7.57. The van der Waals surface area contributed by atoms with Gasteiger partial charge in [0, 0.05) is 61.2 Å². The summed E-state index contributed by atoms with van der Waals surface area (Å²) in [5.41, 5.74) is 5.67. The predicted molar refractivity (Wildman–Crippen MR) is 113 cm³/mol. The third kappa shape index (κ3) is 3.75. The van der Waals surface area contributed by atoms with Crippen LogP contribution in [0, 0.1) is 13.8 Å². The van der Waals surface area contributed by atoms with Crippen LogP contribution < -0.4 is 9.47 Å². The smallest absolute Gasteiger partial charge is 0.254 e. The van der Waals surface area contributed by atoms with Gasteiger partial charge < -0.3 is 14.4 Å². The summed E-state index contributed by atoms with van der Waals surface area (Å²) in [6, 6.07) is 9.41. The monoisotopic (exact) mass is 406 g/mol. The molecule has 7 heteroatoms. The Balaban J connectivity index is 1.55. The van der Waals surface area contributed by atoms with Crippen molar-refractivity contribution < 1.29 is 14.3 Å². The highest BCUT2D eigenvalue weighted by Gasteiger charge is 2.28. The second-order valence-electron chi connectivity index (χ2n) is 7.57. The summed E-state index contributed by atoms with van der Waals surface area (Å²) in [6.07, 6.45) is 2.49. The summed E-state index contributed by atoms with van der Waals surface area (Å²) >= 11 is 0. The number of aromatic nitrogens is 3. The van der Waals surface area contributed by atoms with E-state index in [1.165, 1.54) is 0 Å². The van der Waals surface area contributed by atoms with E-state index >= 15 is 0 Å². The first-order valence-electron chi connectivity index (χ1n) is 10.00. The largest absolute Gasteiger partial charge is 0.496 e. The number of hydrogen-bond donors (Lipinski definition) is 0. The van der Waals surface area contributed by atoms with E-state index in [1.807, 2.05) is 60.8 Å². The van der Waals surface area contributed by atoms with Crippen molar-refractivity contribution in [2.45, 2.75) is 33.4 Å². The second kappa shape index (κ2) is 8.18. The highest BCUT2D eigenvalue weighted by Crippen LogP contribution is 2.27. The third-order valence-corrected chi connectivity index (χ3v) is 5.59. The topological polar surface area (TPSA) is 69.5 Å². The zero-order valence-electron chi connectivity index (χ0n) is 17.8. The first-order chi connectivity index (χ1) is 14.5. The van der Waals surface area contributed by atoms with Crippen molar-refractivity contribution in [1.82, 2.24) is 19.7 Å². The predicted octanol–water partition coefficient (Wildman–Crippen LogP) is 3.22. The molecule has 0 saturated heterocycles. The average Bonchev–Trinajstić information content (AvgIpc) is 3.07. The number of carbonyl (C=O) groups excluding carboxylic acids is 1. The lowest BCUT2D eigenvalue weighted by Crippen LogP contribution is -2.37. The van der Waals surface area contributed by atoms with Gasteiger partial charge in [-0.05, 0) is 37.6 Å². The fraction of sp³-hybridized carbons (Fsp3) is 0.348.